The zero-order chi connectivity index (χ0) is 13.4. The summed E-state index contributed by atoms with van der Waals surface area (Å²) in [5, 5.41) is 6.41. The Labute approximate surface area is 108 Å². The zero-order valence-electron chi connectivity index (χ0n) is 10.5. The lowest BCUT2D eigenvalue weighted by molar-refractivity contribution is 0.811. The predicted octanol–water partition coefficient (Wildman–Crippen LogP) is 0.998. The summed E-state index contributed by atoms with van der Waals surface area (Å²) in [4.78, 5) is 24.5. The first-order valence-corrected chi connectivity index (χ1v) is 5.91. The Balaban J connectivity index is 2.38. The molecule has 0 saturated heterocycles. The van der Waals surface area contributed by atoms with E-state index in [0.717, 1.165) is 5.69 Å². The molecule has 0 aliphatic carbocycles. The Morgan fingerprint density at radius 2 is 2.16 bits per heavy atom. The molecule has 0 spiro atoms. The minimum Gasteiger partial charge on any atom is -0.261 e. The molecule has 0 bridgehead atoms. The molecule has 7 heteroatoms. The highest BCUT2D eigenvalue weighted by molar-refractivity contribution is 5.54. The first-order valence-electron chi connectivity index (χ1n) is 5.91. The third-order valence-electron chi connectivity index (χ3n) is 2.81. The summed E-state index contributed by atoms with van der Waals surface area (Å²) in [6.45, 7) is 4.06. The van der Waals surface area contributed by atoms with Crippen molar-refractivity contribution in [1.29, 1.82) is 0 Å². The molecule has 0 radical (unpaired) electrons. The fourth-order valence-electron chi connectivity index (χ4n) is 1.83. The molecule has 0 aliphatic heterocycles. The quantitative estimate of drug-likeness (QED) is 0.738. The molecule has 0 fully saturated rings. The molecule has 0 aliphatic rings. The van der Waals surface area contributed by atoms with Gasteiger partial charge in [0, 0.05) is 24.2 Å². The lowest BCUT2D eigenvalue weighted by atomic mass is 10.1. The molecule has 3 rings (SSSR count). The van der Waals surface area contributed by atoms with Crippen molar-refractivity contribution in [1.82, 2.24) is 29.5 Å². The Morgan fingerprint density at radius 1 is 1.32 bits per heavy atom. The highest BCUT2D eigenvalue weighted by atomic mass is 16.1. The Kier molecular flexibility index (Phi) is 2.59. The zero-order valence-corrected chi connectivity index (χ0v) is 10.5. The Hall–Kier alpha value is -2.57. The van der Waals surface area contributed by atoms with Crippen molar-refractivity contribution in [3.05, 3.63) is 40.8 Å². The molecule has 7 nitrogen and oxygen atoms in total. The molecule has 0 atom stereocenters. The number of H-pyrrole nitrogens is 1. The van der Waals surface area contributed by atoms with Gasteiger partial charge in [-0.2, -0.15) is 5.10 Å². The summed E-state index contributed by atoms with van der Waals surface area (Å²) in [7, 11) is 0. The van der Waals surface area contributed by atoms with E-state index in [4.69, 9.17) is 0 Å². The first kappa shape index (κ1) is 11.5. The van der Waals surface area contributed by atoms with Gasteiger partial charge in [0.25, 0.3) is 0 Å². The number of nitrogens with one attached hydrogen (secondary N) is 1. The van der Waals surface area contributed by atoms with Crippen LogP contribution in [0.15, 0.2) is 29.5 Å². The van der Waals surface area contributed by atoms with Gasteiger partial charge in [0.1, 0.15) is 5.69 Å². The van der Waals surface area contributed by atoms with Crippen LogP contribution in [-0.2, 0) is 0 Å². The average Bonchev–Trinajstić information content (AvgIpc) is 2.80. The number of hydrogen-bond acceptors (Lipinski definition) is 5. The molecular weight excluding hydrogens is 244 g/mol. The van der Waals surface area contributed by atoms with Crippen molar-refractivity contribution in [3.63, 3.8) is 0 Å². The van der Waals surface area contributed by atoms with Gasteiger partial charge in [0.05, 0.1) is 6.20 Å². The van der Waals surface area contributed by atoms with E-state index in [1.807, 2.05) is 13.8 Å². The monoisotopic (exact) mass is 256 g/mol. The Bertz CT molecular complexity index is 774. The lowest BCUT2D eigenvalue weighted by Crippen LogP contribution is -2.14. The van der Waals surface area contributed by atoms with Crippen LogP contribution in [0.5, 0.6) is 0 Å². The summed E-state index contributed by atoms with van der Waals surface area (Å²) in [6.07, 6.45) is 4.71. The minimum atomic E-state index is -0.335. The van der Waals surface area contributed by atoms with E-state index in [0.29, 0.717) is 17.2 Å². The van der Waals surface area contributed by atoms with Crippen LogP contribution in [0, 0.1) is 0 Å². The summed E-state index contributed by atoms with van der Waals surface area (Å²) in [6, 6.07) is 1.79. The van der Waals surface area contributed by atoms with Crippen LogP contribution in [0.25, 0.3) is 17.2 Å². The van der Waals surface area contributed by atoms with Crippen molar-refractivity contribution in [2.75, 3.05) is 0 Å². The lowest BCUT2D eigenvalue weighted by Gasteiger charge is -2.08. The van der Waals surface area contributed by atoms with E-state index in [1.54, 1.807) is 24.7 Å². The fourth-order valence-corrected chi connectivity index (χ4v) is 1.83. The molecule has 0 unspecified atom stereocenters. The smallest absolute Gasteiger partial charge is 0.261 e. The molecule has 96 valence electrons. The largest absolute Gasteiger partial charge is 0.349 e. The molecule has 3 aromatic heterocycles. The van der Waals surface area contributed by atoms with Crippen molar-refractivity contribution < 1.29 is 0 Å². The highest BCUT2D eigenvalue weighted by Gasteiger charge is 2.14. The summed E-state index contributed by atoms with van der Waals surface area (Å²) in [5.74, 6) is 0.681. The van der Waals surface area contributed by atoms with Gasteiger partial charge in [-0.3, -0.25) is 4.98 Å². The number of hydrogen-bond donors (Lipinski definition) is 1. The molecule has 3 aromatic rings. The third-order valence-corrected chi connectivity index (χ3v) is 2.81. The van der Waals surface area contributed by atoms with E-state index in [-0.39, 0.29) is 11.6 Å². The second kappa shape index (κ2) is 4.27. The van der Waals surface area contributed by atoms with Gasteiger partial charge in [-0.05, 0) is 5.92 Å². The topological polar surface area (TPSA) is 88.8 Å². The second-order valence-electron chi connectivity index (χ2n) is 4.47. The predicted molar refractivity (Wildman–Crippen MR) is 68.7 cm³/mol. The van der Waals surface area contributed by atoms with Gasteiger partial charge < -0.3 is 0 Å². The van der Waals surface area contributed by atoms with E-state index >= 15 is 0 Å². The summed E-state index contributed by atoms with van der Waals surface area (Å²) < 4.78 is 1.40. The van der Waals surface area contributed by atoms with Crippen LogP contribution in [0.1, 0.15) is 25.5 Å². The SMILES string of the molecule is CC(C)c1cc2n[nH]c(=O)n2c(-c2cnccn2)n1. The van der Waals surface area contributed by atoms with Gasteiger partial charge in [0.2, 0.25) is 0 Å². The van der Waals surface area contributed by atoms with Gasteiger partial charge in [0.15, 0.2) is 11.5 Å². The van der Waals surface area contributed by atoms with Gasteiger partial charge in [-0.1, -0.05) is 13.8 Å². The van der Waals surface area contributed by atoms with E-state index in [9.17, 15) is 4.79 Å². The summed E-state index contributed by atoms with van der Waals surface area (Å²) in [5.41, 5.74) is 1.59. The molecule has 0 aromatic carbocycles. The van der Waals surface area contributed by atoms with Gasteiger partial charge in [-0.15, -0.1) is 0 Å². The van der Waals surface area contributed by atoms with Gasteiger partial charge in [-0.25, -0.2) is 24.3 Å². The van der Waals surface area contributed by atoms with Crippen molar-refractivity contribution >= 4 is 5.65 Å². The number of nitrogens with zero attached hydrogens (tertiary/aromatic N) is 5. The summed E-state index contributed by atoms with van der Waals surface area (Å²) >= 11 is 0. The van der Waals surface area contributed by atoms with E-state index in [1.165, 1.54) is 4.40 Å². The number of rotatable bonds is 2. The highest BCUT2D eigenvalue weighted by Crippen LogP contribution is 2.18. The van der Waals surface area contributed by atoms with Crippen LogP contribution in [0.2, 0.25) is 0 Å². The van der Waals surface area contributed by atoms with Crippen LogP contribution in [-0.4, -0.2) is 29.5 Å². The van der Waals surface area contributed by atoms with Crippen molar-refractivity contribution in [3.8, 4) is 11.5 Å². The molecule has 3 heterocycles. The molecule has 0 saturated carbocycles. The maximum absolute atomic E-state index is 11.8. The van der Waals surface area contributed by atoms with Crippen LogP contribution in [0.3, 0.4) is 0 Å². The van der Waals surface area contributed by atoms with Crippen LogP contribution in [0.4, 0.5) is 0 Å². The Morgan fingerprint density at radius 3 is 2.84 bits per heavy atom. The second-order valence-corrected chi connectivity index (χ2v) is 4.47. The maximum Gasteiger partial charge on any atom is 0.349 e. The average molecular weight is 256 g/mol. The molecule has 19 heavy (non-hydrogen) atoms. The first-order chi connectivity index (χ1) is 9.16. The number of aromatic nitrogens is 6. The minimum absolute atomic E-state index is 0.229. The van der Waals surface area contributed by atoms with Crippen LogP contribution >= 0.6 is 0 Å². The maximum atomic E-state index is 11.8. The normalized spacial score (nSPS) is 11.3. The van der Waals surface area contributed by atoms with E-state index in [2.05, 4.69) is 25.1 Å². The number of fused-ring (bicyclic) bond motifs is 1. The van der Waals surface area contributed by atoms with Crippen molar-refractivity contribution in [2.24, 2.45) is 0 Å². The molecular formula is C12H12N6O. The van der Waals surface area contributed by atoms with Crippen molar-refractivity contribution in [2.45, 2.75) is 19.8 Å². The van der Waals surface area contributed by atoms with Gasteiger partial charge >= 0.3 is 5.69 Å². The standard InChI is InChI=1S/C12H12N6O/c1-7(2)8-5-10-16-17-12(19)18(10)11(15-8)9-6-13-3-4-14-9/h3-7H,1-2H3,(H,17,19). The third kappa shape index (κ3) is 1.88. The number of aromatic amines is 1. The molecule has 0 amide bonds. The molecule has 1 N–H and O–H groups in total. The van der Waals surface area contributed by atoms with Crippen LogP contribution < -0.4 is 5.69 Å². The van der Waals surface area contributed by atoms with E-state index < -0.39 is 0 Å². The fraction of sp³-hybridized carbons (Fsp3) is 0.250.